The van der Waals surface area contributed by atoms with Crippen LogP contribution in [0.5, 0.6) is 0 Å². The minimum Gasteiger partial charge on any atom is -0.481 e. The van der Waals surface area contributed by atoms with Crippen molar-refractivity contribution < 1.29 is 34.1 Å². The van der Waals surface area contributed by atoms with Gasteiger partial charge in [-0.3, -0.25) is 14.4 Å². The minimum atomic E-state index is -1.41. The molecule has 0 spiro atoms. The predicted molar refractivity (Wildman–Crippen MR) is 124 cm³/mol. The lowest BCUT2D eigenvalue weighted by Gasteiger charge is -2.59. The van der Waals surface area contributed by atoms with Gasteiger partial charge in [0.05, 0.1) is 5.41 Å². The Labute approximate surface area is 206 Å². The van der Waals surface area contributed by atoms with E-state index in [0.717, 1.165) is 38.5 Å². The van der Waals surface area contributed by atoms with Gasteiger partial charge in [0.15, 0.2) is 6.10 Å². The highest BCUT2D eigenvalue weighted by Gasteiger charge is 2.76. The molecule has 12 unspecified atom stereocenters. The lowest BCUT2D eigenvalue weighted by molar-refractivity contribution is -0.162. The summed E-state index contributed by atoms with van der Waals surface area (Å²) in [7, 11) is 0. The van der Waals surface area contributed by atoms with Crippen molar-refractivity contribution in [1.29, 1.82) is 0 Å². The van der Waals surface area contributed by atoms with Gasteiger partial charge >= 0.3 is 11.9 Å². The van der Waals surface area contributed by atoms with E-state index >= 15 is 0 Å². The molecule has 2 N–H and O–H groups in total. The molecule has 0 aromatic carbocycles. The number of rotatable bonds is 2. The van der Waals surface area contributed by atoms with Gasteiger partial charge in [0.2, 0.25) is 0 Å². The molecule has 0 radical (unpaired) electrons. The van der Waals surface area contributed by atoms with Gasteiger partial charge < -0.3 is 14.9 Å². The van der Waals surface area contributed by atoms with Crippen molar-refractivity contribution in [2.45, 2.75) is 90.8 Å². The summed E-state index contributed by atoms with van der Waals surface area (Å²) in [6.07, 6.45) is 4.86. The van der Waals surface area contributed by atoms with Crippen LogP contribution < -0.4 is 0 Å². The number of aliphatic carboxylic acids is 1. The summed E-state index contributed by atoms with van der Waals surface area (Å²) in [5.74, 6) is -3.02. The van der Waals surface area contributed by atoms with E-state index in [9.17, 15) is 29.4 Å². The molecule has 1 saturated heterocycles. The van der Waals surface area contributed by atoms with Crippen molar-refractivity contribution in [3.8, 4) is 0 Å². The molecule has 12 atom stereocenters. The Morgan fingerprint density at radius 3 is 2.49 bits per heavy atom. The number of carbonyl (C=O) groups excluding carboxylic acids is 3. The molecule has 1 aliphatic heterocycles. The topological polar surface area (TPSA) is 118 Å². The predicted octanol–water partition coefficient (Wildman–Crippen LogP) is 3.41. The van der Waals surface area contributed by atoms with Gasteiger partial charge in [-0.25, -0.2) is 4.79 Å². The van der Waals surface area contributed by atoms with Gasteiger partial charge in [-0.1, -0.05) is 33.6 Å². The SMILES string of the molecule is CC12CCCCC1CC(=O)C1C2CCC2(C)C1C(=O)C1C2C(CC(=O)O)CC2OC(=O)C(O)C21C. The fourth-order valence-electron chi connectivity index (χ4n) is 10.6. The molecule has 7 nitrogen and oxygen atoms in total. The average molecular weight is 487 g/mol. The number of fused-ring (bicyclic) bond motifs is 9. The number of carboxylic acids is 1. The second-order valence-corrected chi connectivity index (χ2v) is 13.5. The monoisotopic (exact) mass is 486 g/mol. The summed E-state index contributed by atoms with van der Waals surface area (Å²) < 4.78 is 5.55. The molecule has 0 aromatic rings. The molecule has 6 fully saturated rings. The zero-order valence-electron chi connectivity index (χ0n) is 21.0. The van der Waals surface area contributed by atoms with Gasteiger partial charge in [-0.05, 0) is 66.6 Å². The molecule has 5 saturated carbocycles. The number of aliphatic hydroxyl groups is 1. The smallest absolute Gasteiger partial charge is 0.336 e. The van der Waals surface area contributed by atoms with E-state index in [1.807, 2.05) is 0 Å². The van der Waals surface area contributed by atoms with Crippen LogP contribution in [0, 0.1) is 57.7 Å². The van der Waals surface area contributed by atoms with Crippen molar-refractivity contribution in [1.82, 2.24) is 0 Å². The number of Topliss-reactive ketones (excluding diaryl/α,β-unsaturated/α-hetero) is 2. The summed E-state index contributed by atoms with van der Waals surface area (Å²) in [5.41, 5.74) is -1.54. The first-order valence-corrected chi connectivity index (χ1v) is 13.6. The van der Waals surface area contributed by atoms with Gasteiger partial charge in [0.25, 0.3) is 0 Å². The quantitative estimate of drug-likeness (QED) is 0.574. The van der Waals surface area contributed by atoms with Crippen LogP contribution in [0.2, 0.25) is 0 Å². The Kier molecular flexibility index (Phi) is 4.99. The molecule has 7 heteroatoms. The molecule has 0 aromatic heterocycles. The van der Waals surface area contributed by atoms with E-state index in [2.05, 4.69) is 13.8 Å². The summed E-state index contributed by atoms with van der Waals surface area (Å²) in [4.78, 5) is 52.6. The summed E-state index contributed by atoms with van der Waals surface area (Å²) >= 11 is 0. The number of ether oxygens (including phenoxy) is 1. The molecule has 1 heterocycles. The van der Waals surface area contributed by atoms with Gasteiger partial charge in [0, 0.05) is 30.6 Å². The number of esters is 1. The van der Waals surface area contributed by atoms with Crippen molar-refractivity contribution in [3.05, 3.63) is 0 Å². The highest BCUT2D eigenvalue weighted by Crippen LogP contribution is 2.72. The Morgan fingerprint density at radius 2 is 1.77 bits per heavy atom. The molecule has 0 amide bonds. The highest BCUT2D eigenvalue weighted by molar-refractivity contribution is 5.96. The largest absolute Gasteiger partial charge is 0.481 e. The molecule has 0 bridgehead atoms. The lowest BCUT2D eigenvalue weighted by atomic mass is 9.43. The molecule has 35 heavy (non-hydrogen) atoms. The summed E-state index contributed by atoms with van der Waals surface area (Å²) in [6, 6.07) is 0. The average Bonchev–Trinajstić information content (AvgIpc) is 3.17. The Balaban J connectivity index is 1.47. The van der Waals surface area contributed by atoms with Gasteiger partial charge in [0.1, 0.15) is 17.7 Å². The van der Waals surface area contributed by atoms with E-state index in [1.54, 1.807) is 6.92 Å². The zero-order chi connectivity index (χ0) is 25.1. The van der Waals surface area contributed by atoms with Crippen molar-refractivity contribution in [2.75, 3.05) is 0 Å². The third-order valence-electron chi connectivity index (χ3n) is 12.2. The van der Waals surface area contributed by atoms with Gasteiger partial charge in [-0.15, -0.1) is 0 Å². The first-order chi connectivity index (χ1) is 16.4. The van der Waals surface area contributed by atoms with Crippen LogP contribution in [0.3, 0.4) is 0 Å². The number of ketones is 2. The van der Waals surface area contributed by atoms with Crippen LogP contribution in [0.25, 0.3) is 0 Å². The third-order valence-corrected chi connectivity index (χ3v) is 12.2. The van der Waals surface area contributed by atoms with E-state index < -0.39 is 46.8 Å². The maximum atomic E-state index is 14.5. The van der Waals surface area contributed by atoms with Crippen molar-refractivity contribution in [3.63, 3.8) is 0 Å². The molecule has 5 aliphatic carbocycles. The van der Waals surface area contributed by atoms with E-state index in [-0.39, 0.29) is 47.1 Å². The van der Waals surface area contributed by atoms with Crippen LogP contribution >= 0.6 is 0 Å². The number of carbonyl (C=O) groups is 4. The lowest BCUT2D eigenvalue weighted by Crippen LogP contribution is -2.57. The fraction of sp³-hybridized carbons (Fsp3) is 0.857. The normalized spacial score (nSPS) is 54.7. The number of carboxylic acid groups (broad SMARTS) is 1. The number of aliphatic hydroxyl groups excluding tert-OH is 1. The van der Waals surface area contributed by atoms with Gasteiger partial charge in [-0.2, -0.15) is 0 Å². The van der Waals surface area contributed by atoms with E-state index in [1.165, 1.54) is 0 Å². The molecular weight excluding hydrogens is 448 g/mol. The molecule has 6 aliphatic rings. The van der Waals surface area contributed by atoms with E-state index in [0.29, 0.717) is 18.8 Å². The third kappa shape index (κ3) is 2.82. The number of hydrogen-bond donors (Lipinski definition) is 2. The first-order valence-electron chi connectivity index (χ1n) is 13.6. The Hall–Kier alpha value is -1.76. The van der Waals surface area contributed by atoms with Crippen LogP contribution in [-0.2, 0) is 23.9 Å². The van der Waals surface area contributed by atoms with Crippen LogP contribution in [-0.4, -0.2) is 45.9 Å². The zero-order valence-corrected chi connectivity index (χ0v) is 21.0. The first kappa shape index (κ1) is 23.6. The summed E-state index contributed by atoms with van der Waals surface area (Å²) in [6.45, 7) is 6.22. The molecular formula is C28H38O7. The van der Waals surface area contributed by atoms with Crippen LogP contribution in [0.15, 0.2) is 0 Å². The Bertz CT molecular complexity index is 1010. The van der Waals surface area contributed by atoms with Crippen LogP contribution in [0.4, 0.5) is 0 Å². The standard InChI is InChI=1S/C28H38O7/c1-26-8-5-4-6-14(26)12-16(29)19-15(26)7-9-27(2)20-13(11-18(30)31)10-17-28(3,24(33)25(34)35-17)22(20)23(32)21(19)27/h13-15,17,19-22,24,33H,4-12H2,1-3H3,(H,30,31). The minimum absolute atomic E-state index is 0.0293. The second-order valence-electron chi connectivity index (χ2n) is 13.5. The molecule has 192 valence electrons. The highest BCUT2D eigenvalue weighted by atomic mass is 16.6. The second kappa shape index (κ2) is 7.39. The maximum absolute atomic E-state index is 14.5. The summed E-state index contributed by atoms with van der Waals surface area (Å²) in [5, 5.41) is 20.7. The van der Waals surface area contributed by atoms with Crippen molar-refractivity contribution in [2.24, 2.45) is 57.7 Å². The van der Waals surface area contributed by atoms with Crippen LogP contribution in [0.1, 0.15) is 78.6 Å². The molecule has 6 rings (SSSR count). The Morgan fingerprint density at radius 1 is 1.03 bits per heavy atom. The maximum Gasteiger partial charge on any atom is 0.336 e. The fourth-order valence-corrected chi connectivity index (χ4v) is 10.6. The van der Waals surface area contributed by atoms with Crippen molar-refractivity contribution >= 4 is 23.5 Å². The number of hydrogen-bond acceptors (Lipinski definition) is 6. The van der Waals surface area contributed by atoms with E-state index in [4.69, 9.17) is 4.74 Å².